The monoisotopic (exact) mass is 427 g/mol. The normalized spacial score (nSPS) is 20.9. The Kier molecular flexibility index (Phi) is 8.01. The van der Waals surface area contributed by atoms with Crippen LogP contribution < -0.4 is 4.74 Å². The van der Waals surface area contributed by atoms with E-state index in [1.54, 1.807) is 0 Å². The van der Waals surface area contributed by atoms with E-state index in [2.05, 4.69) is 104 Å². The summed E-state index contributed by atoms with van der Waals surface area (Å²) in [6.45, 7) is 8.28. The number of likely N-dealkylation sites (N-methyl/N-ethyl adjacent to an activating group) is 1. The van der Waals surface area contributed by atoms with Crippen LogP contribution in [0.5, 0.6) is 5.75 Å². The van der Waals surface area contributed by atoms with Crippen LogP contribution in [0.2, 0.25) is 0 Å². The van der Waals surface area contributed by atoms with Crippen LogP contribution in [0.1, 0.15) is 67.6 Å². The molecular weight excluding hydrogens is 390 g/mol. The fourth-order valence-electron chi connectivity index (χ4n) is 5.25. The molecule has 168 valence electrons. The fourth-order valence-corrected chi connectivity index (χ4v) is 5.25. The standard InChI is InChI=1S/C30H37NO/c1-3-31(4-2)19-20-32-30-17-15-26(16-18-30)29-22-27(24-11-7-5-8-12-24)21-28(23-29)25-13-9-6-10-14-25/h5-18,27-29H,3-4,19-23H2,1-2H3. The summed E-state index contributed by atoms with van der Waals surface area (Å²) in [4.78, 5) is 2.39. The summed E-state index contributed by atoms with van der Waals surface area (Å²) in [6.07, 6.45) is 3.67. The van der Waals surface area contributed by atoms with Crippen LogP contribution in [0.25, 0.3) is 0 Å². The van der Waals surface area contributed by atoms with Gasteiger partial charge in [-0.15, -0.1) is 0 Å². The minimum atomic E-state index is 0.573. The average molecular weight is 428 g/mol. The van der Waals surface area contributed by atoms with Crippen molar-refractivity contribution >= 4 is 0 Å². The Morgan fingerprint density at radius 3 is 1.50 bits per heavy atom. The molecule has 3 aromatic carbocycles. The van der Waals surface area contributed by atoms with Gasteiger partial charge in [0.25, 0.3) is 0 Å². The number of nitrogens with zero attached hydrogens (tertiary/aromatic N) is 1. The minimum absolute atomic E-state index is 0.573. The third kappa shape index (κ3) is 5.81. The number of hydrogen-bond donors (Lipinski definition) is 0. The lowest BCUT2D eigenvalue weighted by atomic mass is 9.68. The Hall–Kier alpha value is -2.58. The van der Waals surface area contributed by atoms with Gasteiger partial charge in [-0.3, -0.25) is 0 Å². The summed E-state index contributed by atoms with van der Waals surface area (Å²) >= 11 is 0. The van der Waals surface area contributed by atoms with Crippen molar-refractivity contribution in [2.75, 3.05) is 26.2 Å². The Morgan fingerprint density at radius 1 is 0.625 bits per heavy atom. The van der Waals surface area contributed by atoms with Gasteiger partial charge in [-0.1, -0.05) is 86.6 Å². The molecular formula is C30H37NO. The van der Waals surface area contributed by atoms with Gasteiger partial charge in [0, 0.05) is 6.54 Å². The van der Waals surface area contributed by atoms with Crippen LogP contribution in [0.15, 0.2) is 84.9 Å². The molecule has 2 heteroatoms. The van der Waals surface area contributed by atoms with E-state index in [4.69, 9.17) is 4.74 Å². The first-order valence-corrected chi connectivity index (χ1v) is 12.3. The van der Waals surface area contributed by atoms with Crippen molar-refractivity contribution in [2.45, 2.75) is 50.9 Å². The third-order valence-corrected chi connectivity index (χ3v) is 7.17. The van der Waals surface area contributed by atoms with E-state index in [1.807, 2.05) is 0 Å². The van der Waals surface area contributed by atoms with Crippen molar-refractivity contribution in [3.05, 3.63) is 102 Å². The van der Waals surface area contributed by atoms with Crippen molar-refractivity contribution in [3.63, 3.8) is 0 Å². The van der Waals surface area contributed by atoms with E-state index < -0.39 is 0 Å². The lowest BCUT2D eigenvalue weighted by Gasteiger charge is -2.36. The lowest BCUT2D eigenvalue weighted by Crippen LogP contribution is -2.27. The quantitative estimate of drug-likeness (QED) is 0.357. The van der Waals surface area contributed by atoms with Gasteiger partial charge in [0.2, 0.25) is 0 Å². The molecule has 0 aliphatic heterocycles. The number of ether oxygens (including phenoxy) is 1. The maximum absolute atomic E-state index is 6.02. The molecule has 0 N–H and O–H groups in total. The van der Waals surface area contributed by atoms with Crippen molar-refractivity contribution in [2.24, 2.45) is 0 Å². The molecule has 0 bridgehead atoms. The smallest absolute Gasteiger partial charge is 0.119 e. The van der Waals surface area contributed by atoms with E-state index in [9.17, 15) is 0 Å². The molecule has 2 nitrogen and oxygen atoms in total. The first-order valence-electron chi connectivity index (χ1n) is 12.3. The fraction of sp³-hybridized carbons (Fsp3) is 0.400. The molecule has 0 saturated heterocycles. The van der Waals surface area contributed by atoms with Gasteiger partial charge < -0.3 is 9.64 Å². The first-order chi connectivity index (χ1) is 15.8. The second kappa shape index (κ2) is 11.3. The number of rotatable bonds is 9. The van der Waals surface area contributed by atoms with Crippen molar-refractivity contribution in [1.82, 2.24) is 4.90 Å². The molecule has 0 heterocycles. The van der Waals surface area contributed by atoms with Crippen LogP contribution in [0.3, 0.4) is 0 Å². The highest BCUT2D eigenvalue weighted by Crippen LogP contribution is 2.47. The molecule has 32 heavy (non-hydrogen) atoms. The van der Waals surface area contributed by atoms with E-state index in [1.165, 1.54) is 36.0 Å². The van der Waals surface area contributed by atoms with Gasteiger partial charge in [0.15, 0.2) is 0 Å². The van der Waals surface area contributed by atoms with E-state index in [0.717, 1.165) is 32.0 Å². The van der Waals surface area contributed by atoms with E-state index in [0.29, 0.717) is 17.8 Å². The van der Waals surface area contributed by atoms with Crippen LogP contribution in [-0.4, -0.2) is 31.1 Å². The number of benzene rings is 3. The van der Waals surface area contributed by atoms with Crippen LogP contribution >= 0.6 is 0 Å². The van der Waals surface area contributed by atoms with Gasteiger partial charge in [-0.25, -0.2) is 0 Å². The third-order valence-electron chi connectivity index (χ3n) is 7.17. The average Bonchev–Trinajstić information content (AvgIpc) is 2.88. The van der Waals surface area contributed by atoms with Crippen molar-refractivity contribution in [1.29, 1.82) is 0 Å². The van der Waals surface area contributed by atoms with Gasteiger partial charge in [0.05, 0.1) is 0 Å². The first kappa shape index (κ1) is 22.6. The SMILES string of the molecule is CCN(CC)CCOc1ccc(C2CC(c3ccccc3)CC(c3ccccc3)C2)cc1. The van der Waals surface area contributed by atoms with Crippen molar-refractivity contribution in [3.8, 4) is 5.75 Å². The minimum Gasteiger partial charge on any atom is -0.492 e. The molecule has 4 rings (SSSR count). The zero-order valence-corrected chi connectivity index (χ0v) is 19.6. The summed E-state index contributed by atoms with van der Waals surface area (Å²) in [6, 6.07) is 31.1. The lowest BCUT2D eigenvalue weighted by molar-refractivity contribution is 0.222. The second-order valence-electron chi connectivity index (χ2n) is 9.06. The molecule has 0 radical (unpaired) electrons. The molecule has 1 saturated carbocycles. The van der Waals surface area contributed by atoms with Crippen molar-refractivity contribution < 1.29 is 4.74 Å². The molecule has 0 amide bonds. The van der Waals surface area contributed by atoms with Crippen LogP contribution in [0.4, 0.5) is 0 Å². The molecule has 2 unspecified atom stereocenters. The molecule has 1 aliphatic carbocycles. The van der Waals surface area contributed by atoms with Gasteiger partial charge in [-0.05, 0) is 78.9 Å². The van der Waals surface area contributed by atoms with Crippen LogP contribution in [0, 0.1) is 0 Å². The highest BCUT2D eigenvalue weighted by atomic mass is 16.5. The van der Waals surface area contributed by atoms with Crippen LogP contribution in [-0.2, 0) is 0 Å². The van der Waals surface area contributed by atoms with Gasteiger partial charge in [0.1, 0.15) is 12.4 Å². The van der Waals surface area contributed by atoms with Gasteiger partial charge >= 0.3 is 0 Å². The molecule has 3 aromatic rings. The van der Waals surface area contributed by atoms with Gasteiger partial charge in [-0.2, -0.15) is 0 Å². The van der Waals surface area contributed by atoms with E-state index in [-0.39, 0.29) is 0 Å². The summed E-state index contributed by atoms with van der Waals surface area (Å²) in [5.74, 6) is 2.76. The maximum atomic E-state index is 6.02. The molecule has 0 aromatic heterocycles. The predicted octanol–water partition coefficient (Wildman–Crippen LogP) is 7.24. The maximum Gasteiger partial charge on any atom is 0.119 e. The zero-order chi connectivity index (χ0) is 22.2. The summed E-state index contributed by atoms with van der Waals surface area (Å²) < 4.78 is 6.02. The topological polar surface area (TPSA) is 12.5 Å². The highest BCUT2D eigenvalue weighted by Gasteiger charge is 2.31. The zero-order valence-electron chi connectivity index (χ0n) is 19.6. The predicted molar refractivity (Wildman–Crippen MR) is 135 cm³/mol. The second-order valence-corrected chi connectivity index (χ2v) is 9.06. The Bertz CT molecular complexity index is 871. The summed E-state index contributed by atoms with van der Waals surface area (Å²) in [5, 5.41) is 0. The number of hydrogen-bond acceptors (Lipinski definition) is 2. The Morgan fingerprint density at radius 2 is 1.06 bits per heavy atom. The molecule has 1 aliphatic rings. The van der Waals surface area contributed by atoms with E-state index >= 15 is 0 Å². The largest absolute Gasteiger partial charge is 0.492 e. The Labute approximate surface area is 194 Å². The molecule has 1 fully saturated rings. The molecule has 0 spiro atoms. The highest BCUT2D eigenvalue weighted by molar-refractivity contribution is 5.33. The molecule has 2 atom stereocenters. The Balaban J connectivity index is 1.47. The summed E-state index contributed by atoms with van der Waals surface area (Å²) in [5.41, 5.74) is 4.41. The summed E-state index contributed by atoms with van der Waals surface area (Å²) in [7, 11) is 0.